The summed E-state index contributed by atoms with van der Waals surface area (Å²) in [4.78, 5) is 0. The van der Waals surface area contributed by atoms with E-state index in [4.69, 9.17) is 28.1 Å². The first-order valence-corrected chi connectivity index (χ1v) is 19.4. The smallest absolute Gasteiger partial charge is 0.261 e. The highest BCUT2D eigenvalue weighted by Gasteiger charge is 2.60. The number of rotatable bonds is 9. The Kier molecular flexibility index (Phi) is 9.35. The molecule has 2 spiro atoms. The van der Waals surface area contributed by atoms with Crippen molar-refractivity contribution in [2.75, 3.05) is 13.2 Å². The van der Waals surface area contributed by atoms with E-state index in [9.17, 15) is 0 Å². The molecule has 0 aromatic heterocycles. The molecular weight excluding hydrogens is 605 g/mol. The van der Waals surface area contributed by atoms with Gasteiger partial charge >= 0.3 is 0 Å². The maximum absolute atomic E-state index is 7.25. The van der Waals surface area contributed by atoms with Crippen molar-refractivity contribution < 1.29 is 28.1 Å². The molecule has 7 rings (SSSR count). The molecule has 0 aliphatic carbocycles. The maximum Gasteiger partial charge on any atom is 0.261 e. The lowest BCUT2D eigenvalue weighted by Crippen LogP contribution is -2.67. The van der Waals surface area contributed by atoms with Crippen LogP contribution in [0.15, 0.2) is 103 Å². The highest BCUT2D eigenvalue weighted by atomic mass is 28.4. The number of ether oxygens (including phenoxy) is 5. The van der Waals surface area contributed by atoms with Gasteiger partial charge in [-0.1, -0.05) is 125 Å². The van der Waals surface area contributed by atoms with E-state index < -0.39 is 19.9 Å². The normalized spacial score (nSPS) is 32.2. The molecule has 3 aromatic rings. The summed E-state index contributed by atoms with van der Waals surface area (Å²) in [6.45, 7) is 10.8. The van der Waals surface area contributed by atoms with E-state index in [1.165, 1.54) is 10.4 Å². The van der Waals surface area contributed by atoms with Gasteiger partial charge in [-0.25, -0.2) is 0 Å². The van der Waals surface area contributed by atoms with Gasteiger partial charge in [-0.15, -0.1) is 0 Å². The number of hydrogen-bond acceptors (Lipinski definition) is 6. The zero-order valence-electron chi connectivity index (χ0n) is 28.3. The summed E-state index contributed by atoms with van der Waals surface area (Å²) in [6, 6.07) is 31.9. The van der Waals surface area contributed by atoms with E-state index in [0.717, 1.165) is 37.7 Å². The molecule has 250 valence electrons. The number of hydrogen-bond donors (Lipinski definition) is 0. The van der Waals surface area contributed by atoms with Crippen molar-refractivity contribution in [2.24, 2.45) is 5.92 Å². The molecule has 7 atom stereocenters. The molecule has 0 saturated carbocycles. The molecule has 4 aliphatic rings. The molecule has 0 N–H and O–H groups in total. The van der Waals surface area contributed by atoms with Crippen molar-refractivity contribution >= 4 is 18.7 Å². The topological polar surface area (TPSA) is 55.4 Å². The van der Waals surface area contributed by atoms with Crippen LogP contribution in [0.3, 0.4) is 0 Å². The second kappa shape index (κ2) is 13.4. The minimum Gasteiger partial charge on any atom is -0.405 e. The Morgan fingerprint density at radius 1 is 0.766 bits per heavy atom. The molecule has 0 amide bonds. The lowest BCUT2D eigenvalue weighted by molar-refractivity contribution is -0.359. The molecule has 3 aromatic carbocycles. The van der Waals surface area contributed by atoms with E-state index in [1.807, 2.05) is 18.2 Å². The van der Waals surface area contributed by atoms with Gasteiger partial charge in [0.05, 0.1) is 44.2 Å². The standard InChI is InChI=1S/C40H50O6Si/c1-30-25-36-37(45-40(30)24-23-39(46-40)22-14-17-32(44-39)28-41-27-31-15-8-5-9-16-31)26-33(43-36)29-42-47(38(2,3)4,34-18-10-6-11-19-34)35-20-12-7-13-21-35/h5-16,18-22,30,32-33,36-37H,17,23-29H2,1-4H3/t30?,32-,33+,36-,37-,39-,40-/m1/s1. The van der Waals surface area contributed by atoms with Gasteiger partial charge in [0.1, 0.15) is 0 Å². The van der Waals surface area contributed by atoms with E-state index in [2.05, 4.69) is 113 Å². The predicted octanol–water partition coefficient (Wildman–Crippen LogP) is 6.91. The Morgan fingerprint density at radius 2 is 1.43 bits per heavy atom. The van der Waals surface area contributed by atoms with Gasteiger partial charge in [-0.2, -0.15) is 0 Å². The molecule has 3 fully saturated rings. The number of fused-ring (bicyclic) bond motifs is 1. The number of benzene rings is 3. The Balaban J connectivity index is 1.01. The highest BCUT2D eigenvalue weighted by molar-refractivity contribution is 6.99. The van der Waals surface area contributed by atoms with Gasteiger partial charge in [0, 0.05) is 25.2 Å². The molecule has 4 heterocycles. The third-order valence-electron chi connectivity index (χ3n) is 10.6. The van der Waals surface area contributed by atoms with Crippen molar-refractivity contribution in [2.45, 2.75) is 107 Å². The maximum atomic E-state index is 7.25. The Hall–Kier alpha value is -2.62. The molecular formula is C40H50O6Si. The third kappa shape index (κ3) is 6.56. The SMILES string of the molecule is CC1C[C@H]2O[C@H](CO[Si](c3ccccc3)(c3ccccc3)C(C)(C)C)C[C@H]2O[C@@]12CC[C@@]1(C=CC[C@H](COCc3ccccc3)O1)O2. The summed E-state index contributed by atoms with van der Waals surface area (Å²) in [5, 5.41) is 2.49. The van der Waals surface area contributed by atoms with E-state index in [0.29, 0.717) is 19.8 Å². The molecule has 6 nitrogen and oxygen atoms in total. The molecule has 7 heteroatoms. The monoisotopic (exact) mass is 654 g/mol. The van der Waals surface area contributed by atoms with Crippen LogP contribution in [0.4, 0.5) is 0 Å². The zero-order chi connectivity index (χ0) is 32.5. The van der Waals surface area contributed by atoms with Crippen molar-refractivity contribution in [1.82, 2.24) is 0 Å². The van der Waals surface area contributed by atoms with Gasteiger partial charge in [-0.3, -0.25) is 0 Å². The van der Waals surface area contributed by atoms with Gasteiger partial charge in [0.2, 0.25) is 0 Å². The van der Waals surface area contributed by atoms with Gasteiger partial charge < -0.3 is 28.1 Å². The fourth-order valence-corrected chi connectivity index (χ4v) is 12.8. The molecule has 0 bridgehead atoms. The van der Waals surface area contributed by atoms with E-state index in [-0.39, 0.29) is 35.4 Å². The van der Waals surface area contributed by atoms with Crippen LogP contribution in [-0.4, -0.2) is 57.5 Å². The molecule has 47 heavy (non-hydrogen) atoms. The Labute approximate surface area is 281 Å². The molecule has 1 unspecified atom stereocenters. The van der Waals surface area contributed by atoms with Crippen molar-refractivity contribution in [3.05, 3.63) is 109 Å². The average Bonchev–Trinajstić information content (AvgIpc) is 3.63. The summed E-state index contributed by atoms with van der Waals surface area (Å²) in [7, 11) is -2.65. The quantitative estimate of drug-likeness (QED) is 0.185. The fraction of sp³-hybridized carbons (Fsp3) is 0.500. The van der Waals surface area contributed by atoms with Crippen LogP contribution in [0, 0.1) is 5.92 Å². The second-order valence-corrected chi connectivity index (χ2v) is 19.2. The molecule has 3 saturated heterocycles. The Morgan fingerprint density at radius 3 is 2.09 bits per heavy atom. The van der Waals surface area contributed by atoms with Crippen LogP contribution in [0.5, 0.6) is 0 Å². The van der Waals surface area contributed by atoms with Crippen LogP contribution >= 0.6 is 0 Å². The van der Waals surface area contributed by atoms with E-state index in [1.54, 1.807) is 0 Å². The summed E-state index contributed by atoms with van der Waals surface area (Å²) in [6.07, 6.45) is 8.25. The van der Waals surface area contributed by atoms with Gasteiger partial charge in [0.15, 0.2) is 11.6 Å². The zero-order valence-corrected chi connectivity index (χ0v) is 29.3. The summed E-state index contributed by atoms with van der Waals surface area (Å²) >= 11 is 0. The summed E-state index contributed by atoms with van der Waals surface area (Å²) < 4.78 is 40.4. The summed E-state index contributed by atoms with van der Waals surface area (Å²) in [5.74, 6) is -1.29. The minimum atomic E-state index is -2.65. The summed E-state index contributed by atoms with van der Waals surface area (Å²) in [5.41, 5.74) is 1.16. The fourth-order valence-electron chi connectivity index (χ4n) is 8.25. The largest absolute Gasteiger partial charge is 0.405 e. The van der Waals surface area contributed by atoms with Crippen LogP contribution < -0.4 is 10.4 Å². The lowest BCUT2D eigenvalue weighted by atomic mass is 9.86. The van der Waals surface area contributed by atoms with Gasteiger partial charge in [-0.05, 0) is 39.9 Å². The molecule has 0 radical (unpaired) electrons. The lowest BCUT2D eigenvalue weighted by Gasteiger charge is -2.45. The van der Waals surface area contributed by atoms with Crippen molar-refractivity contribution in [3.8, 4) is 0 Å². The average molecular weight is 655 g/mol. The predicted molar refractivity (Wildman–Crippen MR) is 186 cm³/mol. The first-order chi connectivity index (χ1) is 22.7. The van der Waals surface area contributed by atoms with Crippen LogP contribution in [0.1, 0.15) is 65.4 Å². The van der Waals surface area contributed by atoms with Crippen molar-refractivity contribution in [3.63, 3.8) is 0 Å². The minimum absolute atomic E-state index is 0.0329. The third-order valence-corrected chi connectivity index (χ3v) is 15.6. The van der Waals surface area contributed by atoms with E-state index >= 15 is 0 Å². The van der Waals surface area contributed by atoms with Crippen LogP contribution in [-0.2, 0) is 34.7 Å². The van der Waals surface area contributed by atoms with Crippen molar-refractivity contribution in [1.29, 1.82) is 0 Å². The van der Waals surface area contributed by atoms with Crippen LogP contribution in [0.25, 0.3) is 0 Å². The first-order valence-electron chi connectivity index (χ1n) is 17.5. The second-order valence-electron chi connectivity index (χ2n) is 14.9. The first kappa shape index (κ1) is 32.9. The molecule has 4 aliphatic heterocycles. The highest BCUT2D eigenvalue weighted by Crippen LogP contribution is 2.52. The van der Waals surface area contributed by atoms with Gasteiger partial charge in [0.25, 0.3) is 8.32 Å². The van der Waals surface area contributed by atoms with Crippen LogP contribution in [0.2, 0.25) is 5.04 Å². The Bertz CT molecular complexity index is 1450.